The molecule has 106 valence electrons. The van der Waals surface area contributed by atoms with E-state index in [0.29, 0.717) is 10.7 Å². The van der Waals surface area contributed by atoms with E-state index in [2.05, 4.69) is 5.32 Å². The second-order valence-corrected chi connectivity index (χ2v) is 5.22. The first-order valence-electron chi connectivity index (χ1n) is 5.97. The molecule has 0 fully saturated rings. The van der Waals surface area contributed by atoms with Gasteiger partial charge in [-0.25, -0.2) is 8.78 Å². The molecule has 1 atom stereocenters. The Morgan fingerprint density at radius 1 is 1.35 bits per heavy atom. The Balaban J connectivity index is 1.84. The zero-order chi connectivity index (χ0) is 14.5. The van der Waals surface area contributed by atoms with Crippen LogP contribution in [0.3, 0.4) is 0 Å². The largest absolute Gasteiger partial charge is 0.467 e. The first kappa shape index (κ1) is 14.6. The molecule has 2 rings (SSSR count). The molecule has 1 aromatic heterocycles. The average Bonchev–Trinajstić information content (AvgIpc) is 2.94. The molecule has 0 radical (unpaired) electrons. The molecule has 0 aliphatic heterocycles. The van der Waals surface area contributed by atoms with E-state index >= 15 is 0 Å². The van der Waals surface area contributed by atoms with Crippen LogP contribution in [0.5, 0.6) is 0 Å². The Bertz CT molecular complexity index is 587. The molecule has 1 N–H and O–H groups in total. The predicted molar refractivity (Wildman–Crippen MR) is 72.3 cm³/mol. The molecule has 6 heteroatoms. The van der Waals surface area contributed by atoms with E-state index in [1.54, 1.807) is 19.1 Å². The highest BCUT2D eigenvalue weighted by atomic mass is 32.2. The summed E-state index contributed by atoms with van der Waals surface area (Å²) in [7, 11) is 0. The molecule has 0 saturated heterocycles. The van der Waals surface area contributed by atoms with Crippen LogP contribution in [0.25, 0.3) is 0 Å². The summed E-state index contributed by atoms with van der Waals surface area (Å²) in [6.07, 6.45) is 1.54. The number of hydrogen-bond acceptors (Lipinski definition) is 3. The molecule has 1 amide bonds. The van der Waals surface area contributed by atoms with Crippen LogP contribution in [0, 0.1) is 11.6 Å². The van der Waals surface area contributed by atoms with Gasteiger partial charge >= 0.3 is 0 Å². The summed E-state index contributed by atoms with van der Waals surface area (Å²) in [4.78, 5) is 12.2. The number of amides is 1. The second-order valence-electron chi connectivity index (χ2n) is 4.17. The number of carbonyl (C=O) groups excluding carboxylic acids is 1. The number of halogens is 2. The number of thioether (sulfide) groups is 1. The Labute approximate surface area is 119 Å². The molecular weight excluding hydrogens is 284 g/mol. The number of rotatable bonds is 5. The van der Waals surface area contributed by atoms with Crippen LogP contribution in [0.4, 0.5) is 8.78 Å². The Kier molecular flexibility index (Phi) is 4.79. The van der Waals surface area contributed by atoms with Gasteiger partial charge in [0.1, 0.15) is 5.76 Å². The van der Waals surface area contributed by atoms with Gasteiger partial charge in [-0.1, -0.05) is 0 Å². The molecule has 2 aromatic rings. The molecule has 0 aliphatic carbocycles. The lowest BCUT2D eigenvalue weighted by molar-refractivity contribution is -0.119. The zero-order valence-corrected chi connectivity index (χ0v) is 11.5. The fourth-order valence-corrected chi connectivity index (χ4v) is 2.34. The quantitative estimate of drug-likeness (QED) is 0.859. The highest BCUT2D eigenvalue weighted by molar-refractivity contribution is 8.00. The average molecular weight is 297 g/mol. The first-order valence-corrected chi connectivity index (χ1v) is 6.95. The summed E-state index contributed by atoms with van der Waals surface area (Å²) in [5.41, 5.74) is 0. The van der Waals surface area contributed by atoms with Crippen molar-refractivity contribution >= 4 is 17.7 Å². The second kappa shape index (κ2) is 6.56. The monoisotopic (exact) mass is 297 g/mol. The fourth-order valence-electron chi connectivity index (χ4n) is 1.61. The molecule has 1 unspecified atom stereocenters. The van der Waals surface area contributed by atoms with Crippen molar-refractivity contribution in [3.05, 3.63) is 54.0 Å². The molecule has 0 spiro atoms. The van der Waals surface area contributed by atoms with Crippen molar-refractivity contribution in [2.75, 3.05) is 5.75 Å². The molecule has 0 saturated carbocycles. The number of carbonyl (C=O) groups is 1. The maximum absolute atomic E-state index is 13.0. The SMILES string of the molecule is CC(NC(=O)CSc1ccc(F)c(F)c1)c1ccco1. The molecule has 20 heavy (non-hydrogen) atoms. The molecular formula is C14H13F2NO2S. The summed E-state index contributed by atoms with van der Waals surface area (Å²) < 4.78 is 30.9. The Morgan fingerprint density at radius 2 is 2.15 bits per heavy atom. The number of nitrogens with one attached hydrogen (secondary N) is 1. The van der Waals surface area contributed by atoms with Gasteiger partial charge in [-0.3, -0.25) is 4.79 Å². The van der Waals surface area contributed by atoms with Crippen molar-refractivity contribution in [2.24, 2.45) is 0 Å². The van der Waals surface area contributed by atoms with Gasteiger partial charge in [0, 0.05) is 4.90 Å². The van der Waals surface area contributed by atoms with Crippen LogP contribution in [0.15, 0.2) is 45.9 Å². The van der Waals surface area contributed by atoms with Gasteiger partial charge in [0.25, 0.3) is 0 Å². The van der Waals surface area contributed by atoms with Gasteiger partial charge in [0.05, 0.1) is 18.1 Å². The third kappa shape index (κ3) is 3.84. The van der Waals surface area contributed by atoms with Crippen LogP contribution in [-0.4, -0.2) is 11.7 Å². The summed E-state index contributed by atoms with van der Waals surface area (Å²) in [6.45, 7) is 1.80. The summed E-state index contributed by atoms with van der Waals surface area (Å²) in [5.74, 6) is -1.24. The van der Waals surface area contributed by atoms with Gasteiger partial charge < -0.3 is 9.73 Å². The summed E-state index contributed by atoms with van der Waals surface area (Å²) in [6, 6.07) is 6.83. The van der Waals surface area contributed by atoms with Crippen molar-refractivity contribution in [3.63, 3.8) is 0 Å². The van der Waals surface area contributed by atoms with E-state index in [1.165, 1.54) is 12.3 Å². The van der Waals surface area contributed by atoms with Crippen molar-refractivity contribution in [1.29, 1.82) is 0 Å². The smallest absolute Gasteiger partial charge is 0.230 e. The maximum atomic E-state index is 13.0. The summed E-state index contributed by atoms with van der Waals surface area (Å²) >= 11 is 1.14. The van der Waals surface area contributed by atoms with Crippen molar-refractivity contribution in [2.45, 2.75) is 17.9 Å². The van der Waals surface area contributed by atoms with E-state index < -0.39 is 11.6 Å². The van der Waals surface area contributed by atoms with Gasteiger partial charge in [-0.15, -0.1) is 11.8 Å². The van der Waals surface area contributed by atoms with Crippen LogP contribution >= 0.6 is 11.8 Å². The number of hydrogen-bond donors (Lipinski definition) is 1. The topological polar surface area (TPSA) is 42.2 Å². The lowest BCUT2D eigenvalue weighted by atomic mass is 10.2. The Morgan fingerprint density at radius 3 is 2.80 bits per heavy atom. The maximum Gasteiger partial charge on any atom is 0.230 e. The molecule has 0 aliphatic rings. The van der Waals surface area contributed by atoms with Crippen LogP contribution in [-0.2, 0) is 4.79 Å². The Hall–Kier alpha value is -1.82. The lowest BCUT2D eigenvalue weighted by Crippen LogP contribution is -2.27. The highest BCUT2D eigenvalue weighted by Gasteiger charge is 2.12. The molecule has 0 bridgehead atoms. The van der Waals surface area contributed by atoms with E-state index in [4.69, 9.17) is 4.42 Å². The minimum atomic E-state index is -0.917. The zero-order valence-electron chi connectivity index (χ0n) is 10.7. The number of furan rings is 1. The lowest BCUT2D eigenvalue weighted by Gasteiger charge is -2.11. The van der Waals surface area contributed by atoms with Crippen LogP contribution in [0.1, 0.15) is 18.7 Å². The van der Waals surface area contributed by atoms with Crippen LogP contribution in [0.2, 0.25) is 0 Å². The van der Waals surface area contributed by atoms with Crippen molar-refractivity contribution < 1.29 is 18.0 Å². The van der Waals surface area contributed by atoms with E-state index in [0.717, 1.165) is 23.9 Å². The molecule has 3 nitrogen and oxygen atoms in total. The van der Waals surface area contributed by atoms with Gasteiger partial charge in [0.15, 0.2) is 11.6 Å². The standard InChI is InChI=1S/C14H13F2NO2S/c1-9(13-3-2-6-19-13)17-14(18)8-20-10-4-5-11(15)12(16)7-10/h2-7,9H,8H2,1H3,(H,17,18). The minimum Gasteiger partial charge on any atom is -0.467 e. The van der Waals surface area contributed by atoms with Crippen LogP contribution < -0.4 is 5.32 Å². The van der Waals surface area contributed by atoms with Gasteiger partial charge in [-0.2, -0.15) is 0 Å². The van der Waals surface area contributed by atoms with Crippen molar-refractivity contribution in [3.8, 4) is 0 Å². The fraction of sp³-hybridized carbons (Fsp3) is 0.214. The predicted octanol–water partition coefficient (Wildman–Crippen LogP) is 3.53. The molecule has 1 heterocycles. The highest BCUT2D eigenvalue weighted by Crippen LogP contribution is 2.20. The first-order chi connectivity index (χ1) is 9.56. The summed E-state index contributed by atoms with van der Waals surface area (Å²) in [5, 5.41) is 2.76. The molecule has 1 aromatic carbocycles. The van der Waals surface area contributed by atoms with Crippen molar-refractivity contribution in [1.82, 2.24) is 5.32 Å². The third-order valence-electron chi connectivity index (χ3n) is 2.61. The third-order valence-corrected chi connectivity index (χ3v) is 3.60. The van der Waals surface area contributed by atoms with E-state index in [1.807, 2.05) is 0 Å². The minimum absolute atomic E-state index is 0.121. The van der Waals surface area contributed by atoms with Gasteiger partial charge in [0.2, 0.25) is 5.91 Å². The normalized spacial score (nSPS) is 12.2. The number of benzene rings is 1. The van der Waals surface area contributed by atoms with E-state index in [9.17, 15) is 13.6 Å². The van der Waals surface area contributed by atoms with E-state index in [-0.39, 0.29) is 17.7 Å². The van der Waals surface area contributed by atoms with Gasteiger partial charge in [-0.05, 0) is 37.3 Å².